The number of carbonyl (C=O) groups is 3. The first-order chi connectivity index (χ1) is 24.0. The van der Waals surface area contributed by atoms with Gasteiger partial charge >= 0.3 is 0 Å². The van der Waals surface area contributed by atoms with Gasteiger partial charge in [-0.25, -0.2) is 0 Å². The molecule has 3 heterocycles. The maximum Gasteiger partial charge on any atom is 0.251 e. The highest BCUT2D eigenvalue weighted by atomic mass is 32.2. The Kier molecular flexibility index (Phi) is 10.0. The number of amides is 3. The standard InChI is InChI=1S/C41H47N3O5S/c1-7-23-42(30-17-19-31(20-18-30)49-9-3)37(46)34-35-38(47)44(33(26-45)29-13-11-10-12-14-29)36(41(35)22-21-40(34,6)50-41)39(48)43(24-8-2)32-25-27(4)15-16-28(32)5/h7-8,10-20,25,33-36,45H,1-2,9,21-24,26H2,3-6H3/t33-,34+,35+,36?,40-,41?/m1/s1. The van der Waals surface area contributed by atoms with E-state index in [1.165, 1.54) is 0 Å². The molecule has 50 heavy (non-hydrogen) atoms. The van der Waals surface area contributed by atoms with Crippen molar-refractivity contribution in [3.8, 4) is 5.75 Å². The zero-order chi connectivity index (χ0) is 35.8. The van der Waals surface area contributed by atoms with E-state index >= 15 is 9.59 Å². The Morgan fingerprint density at radius 2 is 1.68 bits per heavy atom. The first-order valence-corrected chi connectivity index (χ1v) is 18.2. The third kappa shape index (κ3) is 5.84. The SMILES string of the molecule is C=CCN(C(=O)[C@@H]1[C@H]2C(=O)N([C@H](CO)c3ccccc3)C(C(=O)N(CC=C)c3cc(C)ccc3C)C23CC[C@@]1(C)S3)c1ccc(OCC)cc1. The van der Waals surface area contributed by atoms with Crippen molar-refractivity contribution in [2.75, 3.05) is 36.1 Å². The summed E-state index contributed by atoms with van der Waals surface area (Å²) < 4.78 is 4.17. The van der Waals surface area contributed by atoms with Crippen molar-refractivity contribution < 1.29 is 24.2 Å². The molecule has 3 saturated heterocycles. The van der Waals surface area contributed by atoms with Crippen LogP contribution in [0.15, 0.2) is 98.1 Å². The third-order valence-corrected chi connectivity index (χ3v) is 12.7. The van der Waals surface area contributed by atoms with Crippen molar-refractivity contribution in [1.29, 1.82) is 0 Å². The molecule has 3 aromatic carbocycles. The fraction of sp³-hybridized carbons (Fsp3) is 0.390. The molecule has 1 spiro atoms. The second kappa shape index (κ2) is 14.1. The average Bonchev–Trinajstić information content (AvgIpc) is 3.69. The van der Waals surface area contributed by atoms with Gasteiger partial charge in [0.15, 0.2) is 0 Å². The van der Waals surface area contributed by atoms with Crippen LogP contribution < -0.4 is 14.5 Å². The van der Waals surface area contributed by atoms with Gasteiger partial charge in [0, 0.05) is 29.2 Å². The Bertz CT molecular complexity index is 1780. The maximum atomic E-state index is 15.3. The van der Waals surface area contributed by atoms with Gasteiger partial charge in [0.05, 0.1) is 35.8 Å². The molecule has 2 bridgehead atoms. The molecule has 6 rings (SSSR count). The lowest BCUT2D eigenvalue weighted by Gasteiger charge is -2.40. The number of thioether (sulfide) groups is 1. The average molecular weight is 694 g/mol. The Morgan fingerprint density at radius 1 is 1.00 bits per heavy atom. The Hall–Kier alpha value is -4.34. The molecule has 3 amide bonds. The van der Waals surface area contributed by atoms with Gasteiger partial charge in [0.25, 0.3) is 5.91 Å². The van der Waals surface area contributed by atoms with Crippen LogP contribution in [0.25, 0.3) is 0 Å². The number of rotatable bonds is 13. The topological polar surface area (TPSA) is 90.4 Å². The predicted molar refractivity (Wildman–Crippen MR) is 200 cm³/mol. The minimum absolute atomic E-state index is 0.172. The van der Waals surface area contributed by atoms with E-state index in [0.29, 0.717) is 30.9 Å². The second-order valence-electron chi connectivity index (χ2n) is 13.8. The minimum atomic E-state index is -0.930. The Balaban J connectivity index is 1.49. The molecule has 1 N–H and O–H groups in total. The summed E-state index contributed by atoms with van der Waals surface area (Å²) in [4.78, 5) is 50.5. The normalized spacial score (nSPS) is 25.6. The summed E-state index contributed by atoms with van der Waals surface area (Å²) in [5.41, 5.74) is 4.10. The van der Waals surface area contributed by atoms with E-state index in [0.717, 1.165) is 22.4 Å². The van der Waals surface area contributed by atoms with Gasteiger partial charge in [-0.05, 0) is 87.6 Å². The highest BCUT2D eigenvalue weighted by Crippen LogP contribution is 2.72. The van der Waals surface area contributed by atoms with E-state index < -0.39 is 33.4 Å². The molecule has 3 fully saturated rings. The van der Waals surface area contributed by atoms with E-state index in [2.05, 4.69) is 20.1 Å². The molecule has 262 valence electrons. The number of hydrogen-bond acceptors (Lipinski definition) is 6. The number of nitrogens with zero attached hydrogens (tertiary/aromatic N) is 3. The van der Waals surface area contributed by atoms with Crippen LogP contribution in [0.5, 0.6) is 5.75 Å². The van der Waals surface area contributed by atoms with Crippen LogP contribution in [0.4, 0.5) is 11.4 Å². The highest BCUT2D eigenvalue weighted by Gasteiger charge is 2.78. The van der Waals surface area contributed by atoms with Crippen LogP contribution in [0.3, 0.4) is 0 Å². The molecule has 0 aliphatic carbocycles. The monoisotopic (exact) mass is 693 g/mol. The number of benzene rings is 3. The number of hydrogen-bond donors (Lipinski definition) is 1. The van der Waals surface area contributed by atoms with Gasteiger partial charge in [-0.2, -0.15) is 0 Å². The van der Waals surface area contributed by atoms with E-state index in [1.54, 1.807) is 38.6 Å². The molecule has 8 nitrogen and oxygen atoms in total. The summed E-state index contributed by atoms with van der Waals surface area (Å²) in [6.07, 6.45) is 4.65. The predicted octanol–water partition coefficient (Wildman–Crippen LogP) is 6.66. The summed E-state index contributed by atoms with van der Waals surface area (Å²) in [5, 5.41) is 11.0. The van der Waals surface area contributed by atoms with Crippen LogP contribution in [-0.2, 0) is 14.4 Å². The zero-order valence-electron chi connectivity index (χ0n) is 29.4. The lowest BCUT2D eigenvalue weighted by Crippen LogP contribution is -2.56. The molecule has 9 heteroatoms. The van der Waals surface area contributed by atoms with Crippen LogP contribution in [0, 0.1) is 25.7 Å². The first kappa shape index (κ1) is 35.5. The number of likely N-dealkylation sites (tertiary alicyclic amines) is 1. The van der Waals surface area contributed by atoms with Crippen LogP contribution in [0.2, 0.25) is 0 Å². The van der Waals surface area contributed by atoms with E-state index in [4.69, 9.17) is 4.74 Å². The molecule has 3 aliphatic rings. The van der Waals surface area contributed by atoms with Crippen molar-refractivity contribution in [3.05, 3.63) is 115 Å². The highest BCUT2D eigenvalue weighted by molar-refractivity contribution is 8.02. The molecule has 2 unspecified atom stereocenters. The second-order valence-corrected chi connectivity index (χ2v) is 15.7. The fourth-order valence-corrected chi connectivity index (χ4v) is 10.8. The summed E-state index contributed by atoms with van der Waals surface area (Å²) >= 11 is 1.62. The number of anilines is 2. The summed E-state index contributed by atoms with van der Waals surface area (Å²) in [7, 11) is 0. The third-order valence-electron chi connectivity index (χ3n) is 10.7. The summed E-state index contributed by atoms with van der Waals surface area (Å²) in [5.74, 6) is -1.45. The molecular formula is C41H47N3O5S. The number of aliphatic hydroxyl groups excluding tert-OH is 1. The first-order valence-electron chi connectivity index (χ1n) is 17.4. The molecule has 6 atom stereocenters. The quantitative estimate of drug-likeness (QED) is 0.202. The zero-order valence-corrected chi connectivity index (χ0v) is 30.2. The van der Waals surface area contributed by atoms with Gasteiger partial charge in [-0.15, -0.1) is 24.9 Å². The van der Waals surface area contributed by atoms with Gasteiger partial charge in [-0.3, -0.25) is 14.4 Å². The number of fused-ring (bicyclic) bond motifs is 1. The van der Waals surface area contributed by atoms with Crippen molar-refractivity contribution in [3.63, 3.8) is 0 Å². The molecule has 0 saturated carbocycles. The number of aliphatic hydroxyl groups is 1. The molecule has 3 aliphatic heterocycles. The van der Waals surface area contributed by atoms with Gasteiger partial charge in [0.2, 0.25) is 11.8 Å². The Labute approximate surface area is 299 Å². The van der Waals surface area contributed by atoms with Gasteiger partial charge in [-0.1, -0.05) is 54.6 Å². The summed E-state index contributed by atoms with van der Waals surface area (Å²) in [6.45, 7) is 16.5. The number of carbonyl (C=O) groups excluding carboxylic acids is 3. The van der Waals surface area contributed by atoms with E-state index in [-0.39, 0.29) is 37.4 Å². The van der Waals surface area contributed by atoms with Crippen molar-refractivity contribution in [2.24, 2.45) is 11.8 Å². The van der Waals surface area contributed by atoms with Gasteiger partial charge < -0.3 is 24.5 Å². The largest absolute Gasteiger partial charge is 0.494 e. The van der Waals surface area contributed by atoms with E-state index in [1.807, 2.05) is 93.6 Å². The number of ether oxygens (including phenoxy) is 1. The summed E-state index contributed by atoms with van der Waals surface area (Å²) in [6, 6.07) is 21.0. The van der Waals surface area contributed by atoms with E-state index in [9.17, 15) is 9.90 Å². The molecule has 0 radical (unpaired) electrons. The van der Waals surface area contributed by atoms with Crippen LogP contribution >= 0.6 is 11.8 Å². The van der Waals surface area contributed by atoms with Crippen LogP contribution in [-0.4, -0.2) is 69.6 Å². The smallest absolute Gasteiger partial charge is 0.251 e. The minimum Gasteiger partial charge on any atom is -0.494 e. The molecule has 0 aromatic heterocycles. The van der Waals surface area contributed by atoms with Gasteiger partial charge in [0.1, 0.15) is 11.8 Å². The van der Waals surface area contributed by atoms with Crippen molar-refractivity contribution >= 4 is 40.9 Å². The lowest BCUT2D eigenvalue weighted by atomic mass is 9.66. The molecule has 3 aromatic rings. The maximum absolute atomic E-state index is 15.3. The van der Waals surface area contributed by atoms with Crippen LogP contribution in [0.1, 0.15) is 49.4 Å². The fourth-order valence-electron chi connectivity index (χ4n) is 8.49. The van der Waals surface area contributed by atoms with Crippen molar-refractivity contribution in [2.45, 2.75) is 62.1 Å². The number of aryl methyl sites for hydroxylation is 2. The lowest BCUT2D eigenvalue weighted by molar-refractivity contribution is -0.142. The van der Waals surface area contributed by atoms with Crippen molar-refractivity contribution in [1.82, 2.24) is 4.90 Å². The molecular weight excluding hydrogens is 647 g/mol. The Morgan fingerprint density at radius 3 is 2.32 bits per heavy atom.